The van der Waals surface area contributed by atoms with Gasteiger partial charge in [-0.3, -0.25) is 9.59 Å². The minimum atomic E-state index is -1.06. The van der Waals surface area contributed by atoms with Crippen molar-refractivity contribution in [3.63, 3.8) is 0 Å². The summed E-state index contributed by atoms with van der Waals surface area (Å²) in [5.74, 6) is -1.62. The van der Waals surface area contributed by atoms with Crippen LogP contribution in [0.4, 0.5) is 11.4 Å². The van der Waals surface area contributed by atoms with Crippen LogP contribution in [-0.2, 0) is 33.5 Å². The van der Waals surface area contributed by atoms with E-state index in [2.05, 4.69) is 9.97 Å². The van der Waals surface area contributed by atoms with Crippen molar-refractivity contribution in [3.05, 3.63) is 166 Å². The van der Waals surface area contributed by atoms with Crippen LogP contribution in [0.5, 0.6) is 0 Å². The molecule has 0 unspecified atom stereocenters. The molecule has 2 N–H and O–H groups in total. The Bertz CT molecular complexity index is 2430. The zero-order valence-corrected chi connectivity index (χ0v) is 32.4. The second kappa shape index (κ2) is 14.3. The van der Waals surface area contributed by atoms with E-state index in [1.54, 1.807) is 9.13 Å². The summed E-state index contributed by atoms with van der Waals surface area (Å²) >= 11 is 12.0. The van der Waals surface area contributed by atoms with Crippen LogP contribution in [0.3, 0.4) is 0 Å². The molecule has 14 heteroatoms. The summed E-state index contributed by atoms with van der Waals surface area (Å²) in [6.07, 6.45) is 7.51. The van der Waals surface area contributed by atoms with Gasteiger partial charge in [-0.1, -0.05) is 83.9 Å². The number of hydrogen-bond acceptors (Lipinski definition) is 6. The Hall–Kier alpha value is -6.24. The number of carbonyl (C=O) groups excluding carboxylic acids is 2. The molecule has 58 heavy (non-hydrogen) atoms. The molecule has 4 aliphatic rings. The Morgan fingerprint density at radius 3 is 1.33 bits per heavy atom. The lowest BCUT2D eigenvalue weighted by atomic mass is 9.92. The number of amides is 2. The second-order valence-electron chi connectivity index (χ2n) is 15.1. The van der Waals surface area contributed by atoms with Gasteiger partial charge in [0.15, 0.2) is 11.4 Å². The lowest BCUT2D eigenvalue weighted by Gasteiger charge is -2.18. The number of aromatic nitrogens is 4. The monoisotopic (exact) mass is 814 g/mol. The molecule has 4 atom stereocenters. The highest BCUT2D eigenvalue weighted by atomic mass is 35.5. The number of aromatic carboxylic acids is 2. The van der Waals surface area contributed by atoms with Crippen molar-refractivity contribution < 1.29 is 29.4 Å². The van der Waals surface area contributed by atoms with Gasteiger partial charge >= 0.3 is 11.9 Å². The molecule has 292 valence electrons. The topological polar surface area (TPSA) is 151 Å². The van der Waals surface area contributed by atoms with Crippen LogP contribution in [0.25, 0.3) is 0 Å². The summed E-state index contributed by atoms with van der Waals surface area (Å²) in [4.78, 5) is 60.5. The molecule has 2 spiro atoms. The first-order valence-corrected chi connectivity index (χ1v) is 19.6. The number of carboxylic acids is 2. The number of halogens is 2. The number of rotatable bonds is 10. The maximum Gasteiger partial charge on any atom is 0.356 e. The zero-order chi connectivity index (χ0) is 40.3. The molecule has 0 bridgehead atoms. The van der Waals surface area contributed by atoms with Crippen LogP contribution in [0.15, 0.2) is 122 Å². The Morgan fingerprint density at radius 2 is 0.966 bits per heavy atom. The minimum absolute atomic E-state index is 0.000357. The molecule has 2 aliphatic heterocycles. The third kappa shape index (κ3) is 6.23. The van der Waals surface area contributed by atoms with Crippen molar-refractivity contribution in [2.24, 2.45) is 0 Å². The van der Waals surface area contributed by atoms with Gasteiger partial charge in [-0.15, -0.1) is 0 Å². The van der Waals surface area contributed by atoms with E-state index < -0.39 is 22.8 Å². The smallest absolute Gasteiger partial charge is 0.356 e. The molecular formula is C44H36Cl2N6O6. The summed E-state index contributed by atoms with van der Waals surface area (Å²) in [5.41, 5.74) is 5.25. The molecule has 10 rings (SSSR count). The van der Waals surface area contributed by atoms with E-state index in [-0.39, 0.29) is 35.0 Å². The van der Waals surface area contributed by atoms with Crippen LogP contribution in [-0.4, -0.2) is 66.2 Å². The van der Waals surface area contributed by atoms with Gasteiger partial charge in [-0.25, -0.2) is 19.6 Å². The van der Waals surface area contributed by atoms with Crippen molar-refractivity contribution in [1.29, 1.82) is 0 Å². The van der Waals surface area contributed by atoms with Crippen LogP contribution < -0.4 is 9.80 Å². The van der Waals surface area contributed by atoms with Gasteiger partial charge in [0.05, 0.1) is 23.5 Å². The van der Waals surface area contributed by atoms with Gasteiger partial charge in [0.25, 0.3) is 0 Å². The Kier molecular flexibility index (Phi) is 9.21. The van der Waals surface area contributed by atoms with Gasteiger partial charge in [-0.2, -0.15) is 0 Å². The Labute approximate surface area is 342 Å². The lowest BCUT2D eigenvalue weighted by molar-refractivity contribution is -0.121. The number of carboxylic acid groups (broad SMARTS) is 2. The molecule has 2 amide bonds. The highest BCUT2D eigenvalue weighted by molar-refractivity contribution is 6.30. The normalized spacial score (nSPS) is 22.2. The average molecular weight is 816 g/mol. The van der Waals surface area contributed by atoms with E-state index in [0.717, 1.165) is 46.5 Å². The minimum Gasteiger partial charge on any atom is -0.476 e. The molecule has 2 fully saturated rings. The van der Waals surface area contributed by atoms with E-state index >= 15 is 0 Å². The van der Waals surface area contributed by atoms with Gasteiger partial charge < -0.3 is 29.1 Å². The van der Waals surface area contributed by atoms with Gasteiger partial charge in [0.1, 0.15) is 0 Å². The first-order valence-electron chi connectivity index (χ1n) is 18.9. The SMILES string of the molecule is O=C(O)c1cn(CCN2C(=O)[C@@]3(C[C@H]3c3ccc(Cl)cc3)c3ccccc32)cn1.O=C(O)c1cn(CCN2C(=O)[C@]3(C[C@@H]3c3ccc(Cl)cc3)c3ccccc32)cn1. The van der Waals surface area contributed by atoms with Gasteiger partial charge in [-0.05, 0) is 71.5 Å². The number of nitrogens with zero attached hydrogens (tertiary/aromatic N) is 6. The van der Waals surface area contributed by atoms with E-state index in [0.29, 0.717) is 36.2 Å². The number of imidazole rings is 2. The average Bonchev–Trinajstić information content (AvgIpc) is 3.92. The van der Waals surface area contributed by atoms with Crippen molar-refractivity contribution >= 4 is 58.3 Å². The second-order valence-corrected chi connectivity index (χ2v) is 16.0. The van der Waals surface area contributed by atoms with E-state index in [9.17, 15) is 19.2 Å². The van der Waals surface area contributed by atoms with Crippen molar-refractivity contribution in [2.75, 3.05) is 22.9 Å². The standard InChI is InChI=1S/2C22H18ClN3O3/c2*23-15-7-5-14(6-8-15)17-11-22(17)16-3-1-2-4-19(16)26(21(22)29)10-9-25-12-18(20(27)28)24-13-25/h2*1-8,12-13,17H,9-11H2,(H,27,28)/t2*17-,22-/m10/s1. The number of anilines is 2. The predicted octanol–water partition coefficient (Wildman–Crippen LogP) is 7.41. The predicted molar refractivity (Wildman–Crippen MR) is 217 cm³/mol. The number of hydrogen-bond donors (Lipinski definition) is 2. The van der Waals surface area contributed by atoms with Crippen LogP contribution in [0, 0.1) is 0 Å². The first-order chi connectivity index (χ1) is 28.0. The first kappa shape index (κ1) is 37.3. The molecule has 2 saturated carbocycles. The third-order valence-electron chi connectivity index (χ3n) is 11.9. The van der Waals surface area contributed by atoms with E-state index in [1.807, 2.05) is 107 Å². The van der Waals surface area contributed by atoms with Crippen molar-refractivity contribution in [2.45, 2.75) is 48.6 Å². The molecule has 0 saturated heterocycles. The summed E-state index contributed by atoms with van der Waals surface area (Å²) in [5, 5.41) is 19.4. The van der Waals surface area contributed by atoms with Crippen LogP contribution >= 0.6 is 23.2 Å². The molecule has 2 aliphatic carbocycles. The van der Waals surface area contributed by atoms with Crippen molar-refractivity contribution in [3.8, 4) is 0 Å². The fourth-order valence-corrected chi connectivity index (χ4v) is 9.20. The molecule has 6 aromatic rings. The molecular weight excluding hydrogens is 779 g/mol. The largest absolute Gasteiger partial charge is 0.476 e. The quantitative estimate of drug-likeness (QED) is 0.145. The van der Waals surface area contributed by atoms with E-state index in [4.69, 9.17) is 33.4 Å². The molecule has 0 radical (unpaired) electrons. The highest BCUT2D eigenvalue weighted by Crippen LogP contribution is 2.67. The zero-order valence-electron chi connectivity index (χ0n) is 30.9. The Balaban J connectivity index is 0.000000150. The fourth-order valence-electron chi connectivity index (χ4n) is 8.95. The number of fused-ring (bicyclic) bond motifs is 4. The molecule has 4 aromatic carbocycles. The summed E-state index contributed by atoms with van der Waals surface area (Å²) in [6.45, 7) is 1.87. The van der Waals surface area contributed by atoms with E-state index in [1.165, 1.54) is 25.0 Å². The Morgan fingerprint density at radius 1 is 0.586 bits per heavy atom. The number of para-hydroxylation sites is 2. The molecule has 2 aromatic heterocycles. The fraction of sp³-hybridized carbons (Fsp3) is 0.227. The lowest BCUT2D eigenvalue weighted by Crippen LogP contribution is -2.35. The number of carbonyl (C=O) groups is 4. The van der Waals surface area contributed by atoms with Gasteiger partial charge in [0, 0.05) is 71.8 Å². The number of benzene rings is 4. The van der Waals surface area contributed by atoms with Crippen LogP contribution in [0.1, 0.15) is 67.9 Å². The summed E-state index contributed by atoms with van der Waals surface area (Å²) in [7, 11) is 0. The summed E-state index contributed by atoms with van der Waals surface area (Å²) in [6, 6.07) is 31.4. The maximum absolute atomic E-state index is 13.5. The highest BCUT2D eigenvalue weighted by Gasteiger charge is 2.68. The summed E-state index contributed by atoms with van der Waals surface area (Å²) < 4.78 is 3.40. The molecule has 12 nitrogen and oxygen atoms in total. The van der Waals surface area contributed by atoms with Gasteiger partial charge in [0.2, 0.25) is 11.8 Å². The molecule has 4 heterocycles. The maximum atomic E-state index is 13.5. The third-order valence-corrected chi connectivity index (χ3v) is 12.4. The van der Waals surface area contributed by atoms with Crippen molar-refractivity contribution in [1.82, 2.24) is 19.1 Å². The van der Waals surface area contributed by atoms with Crippen LogP contribution in [0.2, 0.25) is 10.0 Å².